The van der Waals surface area contributed by atoms with Gasteiger partial charge in [0.2, 0.25) is 0 Å². The third-order valence-electron chi connectivity index (χ3n) is 7.14. The van der Waals surface area contributed by atoms with E-state index >= 15 is 0 Å². The molecular weight excluding hydrogens is 324 g/mol. The van der Waals surface area contributed by atoms with Crippen LogP contribution in [-0.4, -0.2) is 20.9 Å². The molecule has 0 unspecified atom stereocenters. The summed E-state index contributed by atoms with van der Waals surface area (Å²) in [4.78, 5) is 0. The lowest BCUT2D eigenvalue weighted by Gasteiger charge is -2.59. The maximum Gasteiger partial charge on any atom is 0.118 e. The lowest BCUT2D eigenvalue weighted by atomic mass is 9.49. The van der Waals surface area contributed by atoms with Crippen molar-refractivity contribution >= 4 is 0 Å². The van der Waals surface area contributed by atoms with Gasteiger partial charge in [0.1, 0.15) is 11.4 Å². The number of aryl methyl sites for hydroxylation is 1. The summed E-state index contributed by atoms with van der Waals surface area (Å²) in [7, 11) is 0. The SMILES string of the molecule is CC[C@@]12C[C@@](C)(O)[C@](O)(c3ccccc3)C[C@H]1CCc1cc(O)ccc12. The number of phenols is 1. The highest BCUT2D eigenvalue weighted by molar-refractivity contribution is 5.44. The number of rotatable bonds is 2. The zero-order valence-electron chi connectivity index (χ0n) is 15.6. The van der Waals surface area contributed by atoms with Gasteiger partial charge in [-0.15, -0.1) is 0 Å². The quantitative estimate of drug-likeness (QED) is 0.764. The molecule has 0 amide bonds. The lowest BCUT2D eigenvalue weighted by molar-refractivity contribution is -0.205. The van der Waals surface area contributed by atoms with Crippen molar-refractivity contribution in [2.45, 2.75) is 62.6 Å². The summed E-state index contributed by atoms with van der Waals surface area (Å²) in [5.74, 6) is 0.604. The van der Waals surface area contributed by atoms with Crippen molar-refractivity contribution in [2.75, 3.05) is 0 Å². The fourth-order valence-electron chi connectivity index (χ4n) is 5.72. The smallest absolute Gasteiger partial charge is 0.118 e. The second-order valence-corrected chi connectivity index (χ2v) is 8.47. The molecule has 1 fully saturated rings. The average molecular weight is 352 g/mol. The fraction of sp³-hybridized carbons (Fsp3) is 0.478. The van der Waals surface area contributed by atoms with Crippen molar-refractivity contribution in [3.05, 3.63) is 65.2 Å². The maximum absolute atomic E-state index is 11.6. The molecule has 0 aliphatic heterocycles. The van der Waals surface area contributed by atoms with Gasteiger partial charge in [0.25, 0.3) is 0 Å². The van der Waals surface area contributed by atoms with Gasteiger partial charge in [-0.2, -0.15) is 0 Å². The summed E-state index contributed by atoms with van der Waals surface area (Å²) in [5.41, 5.74) is 0.588. The number of aromatic hydroxyl groups is 1. The molecule has 2 aromatic rings. The van der Waals surface area contributed by atoms with Crippen molar-refractivity contribution in [2.24, 2.45) is 5.92 Å². The zero-order valence-corrected chi connectivity index (χ0v) is 15.6. The van der Waals surface area contributed by atoms with Crippen LogP contribution in [0.25, 0.3) is 0 Å². The third-order valence-corrected chi connectivity index (χ3v) is 7.14. The average Bonchev–Trinajstić information content (AvgIpc) is 2.63. The highest BCUT2D eigenvalue weighted by Crippen LogP contribution is 2.60. The topological polar surface area (TPSA) is 60.7 Å². The van der Waals surface area contributed by atoms with Crippen molar-refractivity contribution in [3.8, 4) is 5.75 Å². The van der Waals surface area contributed by atoms with Gasteiger partial charge in [-0.3, -0.25) is 0 Å². The minimum Gasteiger partial charge on any atom is -0.508 e. The summed E-state index contributed by atoms with van der Waals surface area (Å²) >= 11 is 0. The van der Waals surface area contributed by atoms with Crippen LogP contribution in [0.4, 0.5) is 0 Å². The van der Waals surface area contributed by atoms with E-state index in [0.29, 0.717) is 24.5 Å². The molecule has 0 saturated heterocycles. The minimum absolute atomic E-state index is 0.161. The largest absolute Gasteiger partial charge is 0.508 e. The predicted molar refractivity (Wildman–Crippen MR) is 102 cm³/mol. The third kappa shape index (κ3) is 2.34. The molecule has 1 saturated carbocycles. The molecule has 3 heteroatoms. The van der Waals surface area contributed by atoms with E-state index in [0.717, 1.165) is 24.8 Å². The highest BCUT2D eigenvalue weighted by atomic mass is 16.4. The summed E-state index contributed by atoms with van der Waals surface area (Å²) in [5, 5.41) is 33.0. The first-order valence-electron chi connectivity index (χ1n) is 9.65. The van der Waals surface area contributed by atoms with Crippen LogP contribution in [0.5, 0.6) is 5.75 Å². The second kappa shape index (κ2) is 5.83. The molecule has 0 bridgehead atoms. The van der Waals surface area contributed by atoms with E-state index < -0.39 is 11.2 Å². The van der Waals surface area contributed by atoms with Crippen molar-refractivity contribution in [1.82, 2.24) is 0 Å². The van der Waals surface area contributed by atoms with Crippen molar-refractivity contribution in [1.29, 1.82) is 0 Å². The van der Waals surface area contributed by atoms with Gasteiger partial charge in [0.05, 0.1) is 5.60 Å². The number of phenolic OH excluding ortho intramolecular Hbond substituents is 1. The minimum atomic E-state index is -1.24. The molecule has 2 aliphatic carbocycles. The first-order chi connectivity index (χ1) is 12.3. The Kier molecular flexibility index (Phi) is 3.94. The first-order valence-corrected chi connectivity index (χ1v) is 9.65. The Morgan fingerprint density at radius 2 is 1.81 bits per heavy atom. The molecule has 3 N–H and O–H groups in total. The van der Waals surface area contributed by atoms with E-state index in [1.807, 2.05) is 42.5 Å². The molecule has 138 valence electrons. The van der Waals surface area contributed by atoms with Gasteiger partial charge < -0.3 is 15.3 Å². The molecule has 2 aromatic carbocycles. The Morgan fingerprint density at radius 3 is 2.50 bits per heavy atom. The Morgan fingerprint density at radius 1 is 1.08 bits per heavy atom. The first kappa shape index (κ1) is 17.6. The van der Waals surface area contributed by atoms with Crippen LogP contribution in [0.1, 0.15) is 56.2 Å². The molecule has 4 atom stereocenters. The number of aliphatic hydroxyl groups is 2. The zero-order chi connectivity index (χ0) is 18.6. The Labute approximate surface area is 155 Å². The molecule has 0 radical (unpaired) electrons. The van der Waals surface area contributed by atoms with Crippen LogP contribution in [0, 0.1) is 5.92 Å². The molecule has 0 aromatic heterocycles. The van der Waals surface area contributed by atoms with E-state index in [9.17, 15) is 15.3 Å². The Balaban J connectivity index is 1.83. The molecule has 4 rings (SSSR count). The van der Waals surface area contributed by atoms with Crippen molar-refractivity contribution in [3.63, 3.8) is 0 Å². The number of hydrogen-bond donors (Lipinski definition) is 3. The van der Waals surface area contributed by atoms with E-state index in [-0.39, 0.29) is 5.41 Å². The molecule has 0 heterocycles. The Hall–Kier alpha value is -1.84. The summed E-state index contributed by atoms with van der Waals surface area (Å²) < 4.78 is 0. The van der Waals surface area contributed by atoms with Gasteiger partial charge >= 0.3 is 0 Å². The highest BCUT2D eigenvalue weighted by Gasteiger charge is 2.60. The van der Waals surface area contributed by atoms with Crippen LogP contribution in [0.2, 0.25) is 0 Å². The summed E-state index contributed by atoms with van der Waals surface area (Å²) in [6.07, 6.45) is 3.86. The normalized spacial score (nSPS) is 36.2. The van der Waals surface area contributed by atoms with Crippen LogP contribution >= 0.6 is 0 Å². The second-order valence-electron chi connectivity index (χ2n) is 8.47. The van der Waals surface area contributed by atoms with E-state index in [1.165, 1.54) is 11.1 Å². The van der Waals surface area contributed by atoms with Gasteiger partial charge in [-0.05, 0) is 73.8 Å². The predicted octanol–water partition coefficient (Wildman–Crippen LogP) is 4.04. The fourth-order valence-corrected chi connectivity index (χ4v) is 5.72. The van der Waals surface area contributed by atoms with Crippen molar-refractivity contribution < 1.29 is 15.3 Å². The lowest BCUT2D eigenvalue weighted by Crippen LogP contribution is -2.62. The number of benzene rings is 2. The maximum atomic E-state index is 11.6. The van der Waals surface area contributed by atoms with Crippen LogP contribution in [0.3, 0.4) is 0 Å². The molecule has 3 nitrogen and oxygen atoms in total. The van der Waals surface area contributed by atoms with Gasteiger partial charge in [-0.25, -0.2) is 0 Å². The monoisotopic (exact) mass is 352 g/mol. The summed E-state index contributed by atoms with van der Waals surface area (Å²) in [6.45, 7) is 3.96. The molecule has 26 heavy (non-hydrogen) atoms. The van der Waals surface area contributed by atoms with Crippen LogP contribution in [0.15, 0.2) is 48.5 Å². The van der Waals surface area contributed by atoms with Gasteiger partial charge in [-0.1, -0.05) is 43.3 Å². The summed E-state index contributed by atoms with van der Waals surface area (Å²) in [6, 6.07) is 15.3. The molecular formula is C23H28O3. The number of hydrogen-bond acceptors (Lipinski definition) is 3. The van der Waals surface area contributed by atoms with E-state index in [2.05, 4.69) is 6.92 Å². The van der Waals surface area contributed by atoms with Crippen LogP contribution < -0.4 is 0 Å². The number of fused-ring (bicyclic) bond motifs is 3. The molecule has 2 aliphatic rings. The van der Waals surface area contributed by atoms with Gasteiger partial charge in [0, 0.05) is 5.41 Å². The van der Waals surface area contributed by atoms with E-state index in [4.69, 9.17) is 0 Å². The van der Waals surface area contributed by atoms with Gasteiger partial charge in [0.15, 0.2) is 0 Å². The molecule has 0 spiro atoms. The Bertz CT molecular complexity index is 813. The van der Waals surface area contributed by atoms with E-state index in [1.54, 1.807) is 13.0 Å². The van der Waals surface area contributed by atoms with Crippen LogP contribution in [-0.2, 0) is 17.4 Å². The standard InChI is InChI=1S/C23H28O3/c1-3-22-15-21(2,25)23(26,17-7-5-4-6-8-17)14-18(22)10-9-16-13-19(24)11-12-20(16)22/h4-8,11-13,18,24-26H,3,9-10,14-15H2,1-2H3/t18-,21-,22-,23-/m1/s1.